The van der Waals surface area contributed by atoms with Gasteiger partial charge in [0, 0.05) is 22.7 Å². The lowest BCUT2D eigenvalue weighted by molar-refractivity contribution is 0.442. The molecule has 0 amide bonds. The lowest BCUT2D eigenvalue weighted by atomic mass is 9.77. The van der Waals surface area contributed by atoms with Gasteiger partial charge in [-0.3, -0.25) is 0 Å². The summed E-state index contributed by atoms with van der Waals surface area (Å²) in [7, 11) is 0. The minimum Gasteiger partial charge on any atom is -0.369 e. The number of benzene rings is 1. The van der Waals surface area contributed by atoms with E-state index in [9.17, 15) is 0 Å². The average molecular weight is 296 g/mol. The van der Waals surface area contributed by atoms with Gasteiger partial charge >= 0.3 is 0 Å². The fourth-order valence-electron chi connectivity index (χ4n) is 2.64. The first kappa shape index (κ1) is 12.9. The van der Waals surface area contributed by atoms with E-state index in [0.29, 0.717) is 11.5 Å². The predicted octanol–water partition coefficient (Wildman–Crippen LogP) is 4.65. The van der Waals surface area contributed by atoms with Gasteiger partial charge in [-0.1, -0.05) is 35.8 Å². The number of hydrogen-bond donors (Lipinski definition) is 0. The fourth-order valence-corrected chi connectivity index (χ4v) is 2.97. The molecular formula is C15H22BrN. The van der Waals surface area contributed by atoms with Gasteiger partial charge < -0.3 is 4.90 Å². The monoisotopic (exact) mass is 295 g/mol. The zero-order chi connectivity index (χ0) is 12.8. The summed E-state index contributed by atoms with van der Waals surface area (Å²) in [5, 5.41) is 0. The van der Waals surface area contributed by atoms with Gasteiger partial charge in [0.05, 0.1) is 0 Å². The SMILES string of the molecule is Cc1cc2c(cc1Br)N(C(C)C)CCC2(C)C. The smallest absolute Gasteiger partial charge is 0.0418 e. The molecule has 0 fully saturated rings. The van der Waals surface area contributed by atoms with E-state index in [2.05, 4.69) is 67.6 Å². The van der Waals surface area contributed by atoms with E-state index < -0.39 is 0 Å². The van der Waals surface area contributed by atoms with Crippen LogP contribution >= 0.6 is 15.9 Å². The maximum Gasteiger partial charge on any atom is 0.0418 e. The van der Waals surface area contributed by atoms with E-state index in [1.165, 1.54) is 27.7 Å². The van der Waals surface area contributed by atoms with Crippen molar-refractivity contribution < 1.29 is 0 Å². The summed E-state index contributed by atoms with van der Waals surface area (Å²) in [5.74, 6) is 0. The summed E-state index contributed by atoms with van der Waals surface area (Å²) in [6, 6.07) is 5.22. The van der Waals surface area contributed by atoms with Crippen LogP contribution in [0.5, 0.6) is 0 Å². The summed E-state index contributed by atoms with van der Waals surface area (Å²) in [5.41, 5.74) is 4.54. The Morgan fingerprint density at radius 3 is 2.53 bits per heavy atom. The molecule has 2 rings (SSSR count). The molecule has 1 aliphatic rings. The van der Waals surface area contributed by atoms with Crippen molar-refractivity contribution in [2.24, 2.45) is 0 Å². The highest BCUT2D eigenvalue weighted by Crippen LogP contribution is 2.42. The van der Waals surface area contributed by atoms with Gasteiger partial charge in [-0.25, -0.2) is 0 Å². The maximum absolute atomic E-state index is 3.66. The van der Waals surface area contributed by atoms with E-state index >= 15 is 0 Å². The van der Waals surface area contributed by atoms with Gasteiger partial charge in [0.15, 0.2) is 0 Å². The van der Waals surface area contributed by atoms with E-state index in [1.54, 1.807) is 0 Å². The summed E-state index contributed by atoms with van der Waals surface area (Å²) in [6.45, 7) is 12.6. The molecule has 1 aliphatic heterocycles. The Hall–Kier alpha value is -0.500. The average Bonchev–Trinajstić information content (AvgIpc) is 2.20. The van der Waals surface area contributed by atoms with Crippen molar-refractivity contribution in [3.8, 4) is 0 Å². The molecule has 0 N–H and O–H groups in total. The van der Waals surface area contributed by atoms with Crippen LogP contribution in [0.15, 0.2) is 16.6 Å². The molecule has 1 nitrogen and oxygen atoms in total. The zero-order valence-corrected chi connectivity index (χ0v) is 13.1. The number of fused-ring (bicyclic) bond motifs is 1. The normalized spacial score (nSPS) is 18.4. The van der Waals surface area contributed by atoms with Crippen LogP contribution in [-0.4, -0.2) is 12.6 Å². The second-order valence-electron chi connectivity index (χ2n) is 6.04. The van der Waals surface area contributed by atoms with Gasteiger partial charge in [-0.05, 0) is 49.8 Å². The summed E-state index contributed by atoms with van der Waals surface area (Å²) >= 11 is 3.66. The van der Waals surface area contributed by atoms with Crippen molar-refractivity contribution >= 4 is 21.6 Å². The highest BCUT2D eigenvalue weighted by atomic mass is 79.9. The number of anilines is 1. The Balaban J connectivity index is 2.60. The molecular weight excluding hydrogens is 274 g/mol. The number of aryl methyl sites for hydroxylation is 1. The highest BCUT2D eigenvalue weighted by Gasteiger charge is 2.32. The fraction of sp³-hybridized carbons (Fsp3) is 0.600. The van der Waals surface area contributed by atoms with Gasteiger partial charge in [0.1, 0.15) is 0 Å². The molecule has 0 saturated carbocycles. The number of nitrogens with zero attached hydrogens (tertiary/aromatic N) is 1. The van der Waals surface area contributed by atoms with E-state index in [4.69, 9.17) is 0 Å². The second kappa shape index (κ2) is 4.31. The van der Waals surface area contributed by atoms with Crippen LogP contribution < -0.4 is 4.90 Å². The lowest BCUT2D eigenvalue weighted by Crippen LogP contribution is -2.41. The maximum atomic E-state index is 3.66. The summed E-state index contributed by atoms with van der Waals surface area (Å²) < 4.78 is 1.22. The Labute approximate surface area is 113 Å². The molecule has 2 heteroatoms. The van der Waals surface area contributed by atoms with Crippen molar-refractivity contribution in [2.75, 3.05) is 11.4 Å². The third-order valence-corrected chi connectivity index (χ3v) is 4.77. The van der Waals surface area contributed by atoms with Gasteiger partial charge in [0.2, 0.25) is 0 Å². The third kappa shape index (κ3) is 2.24. The first-order valence-electron chi connectivity index (χ1n) is 6.40. The molecule has 0 aromatic heterocycles. The van der Waals surface area contributed by atoms with E-state index in [1.807, 2.05) is 0 Å². The van der Waals surface area contributed by atoms with Crippen LogP contribution in [0, 0.1) is 6.92 Å². The molecule has 0 aliphatic carbocycles. The molecule has 1 heterocycles. The van der Waals surface area contributed by atoms with Gasteiger partial charge in [-0.2, -0.15) is 0 Å². The Morgan fingerprint density at radius 1 is 1.29 bits per heavy atom. The summed E-state index contributed by atoms with van der Waals surface area (Å²) in [6.07, 6.45) is 1.24. The van der Waals surface area contributed by atoms with Gasteiger partial charge in [-0.15, -0.1) is 0 Å². The second-order valence-corrected chi connectivity index (χ2v) is 6.89. The van der Waals surface area contributed by atoms with E-state index in [-0.39, 0.29) is 0 Å². The Bertz CT molecular complexity index is 435. The van der Waals surface area contributed by atoms with Crippen LogP contribution in [0.2, 0.25) is 0 Å². The minimum absolute atomic E-state index is 0.298. The minimum atomic E-state index is 0.298. The molecule has 17 heavy (non-hydrogen) atoms. The molecule has 94 valence electrons. The molecule has 0 saturated heterocycles. The van der Waals surface area contributed by atoms with Crippen LogP contribution in [0.25, 0.3) is 0 Å². The molecule has 0 atom stereocenters. The molecule has 1 aromatic rings. The number of halogens is 1. The standard InChI is InChI=1S/C15H22BrN/c1-10(2)17-7-6-15(4,5)12-8-11(3)13(16)9-14(12)17/h8-10H,6-7H2,1-5H3. The number of hydrogen-bond acceptors (Lipinski definition) is 1. The first-order valence-corrected chi connectivity index (χ1v) is 7.19. The first-order chi connectivity index (χ1) is 7.83. The van der Waals surface area contributed by atoms with Crippen molar-refractivity contribution in [1.82, 2.24) is 0 Å². The van der Waals surface area contributed by atoms with Crippen LogP contribution in [0.3, 0.4) is 0 Å². The van der Waals surface area contributed by atoms with Crippen LogP contribution in [-0.2, 0) is 5.41 Å². The predicted molar refractivity (Wildman–Crippen MR) is 79.0 cm³/mol. The zero-order valence-electron chi connectivity index (χ0n) is 11.5. The highest BCUT2D eigenvalue weighted by molar-refractivity contribution is 9.10. The largest absolute Gasteiger partial charge is 0.369 e. The summed E-state index contributed by atoms with van der Waals surface area (Å²) in [4.78, 5) is 2.52. The Kier molecular flexibility index (Phi) is 3.28. The van der Waals surface area contributed by atoms with E-state index in [0.717, 1.165) is 6.54 Å². The Morgan fingerprint density at radius 2 is 1.94 bits per heavy atom. The molecule has 0 bridgehead atoms. The van der Waals surface area contributed by atoms with Crippen LogP contribution in [0.1, 0.15) is 45.2 Å². The van der Waals surface area contributed by atoms with Crippen molar-refractivity contribution in [3.05, 3.63) is 27.7 Å². The molecule has 1 aromatic carbocycles. The van der Waals surface area contributed by atoms with Crippen molar-refractivity contribution in [2.45, 2.75) is 52.5 Å². The molecule has 0 unspecified atom stereocenters. The number of rotatable bonds is 1. The topological polar surface area (TPSA) is 3.24 Å². The lowest BCUT2D eigenvalue weighted by Gasteiger charge is -2.42. The molecule has 0 radical (unpaired) electrons. The third-order valence-electron chi connectivity index (χ3n) is 3.92. The van der Waals surface area contributed by atoms with Gasteiger partial charge in [0.25, 0.3) is 0 Å². The van der Waals surface area contributed by atoms with Crippen molar-refractivity contribution in [1.29, 1.82) is 0 Å². The quantitative estimate of drug-likeness (QED) is 0.729. The molecule has 0 spiro atoms. The van der Waals surface area contributed by atoms with Crippen molar-refractivity contribution in [3.63, 3.8) is 0 Å². The van der Waals surface area contributed by atoms with Crippen LogP contribution in [0.4, 0.5) is 5.69 Å².